The van der Waals surface area contributed by atoms with E-state index in [1.54, 1.807) is 0 Å². The number of hydrogen-bond acceptors (Lipinski definition) is 3. The Kier molecular flexibility index (Phi) is 61.1. The van der Waals surface area contributed by atoms with Gasteiger partial charge in [-0.05, 0) is 45.4 Å². The summed E-state index contributed by atoms with van der Waals surface area (Å²) in [5.41, 5.74) is 10.6. The van der Waals surface area contributed by atoms with Crippen LogP contribution in [0.25, 0.3) is 0 Å². The van der Waals surface area contributed by atoms with E-state index in [1.165, 1.54) is 6.42 Å². The third kappa shape index (κ3) is 29.8. The third-order valence-electron chi connectivity index (χ3n) is 1.37. The van der Waals surface area contributed by atoms with Crippen LogP contribution in [0.15, 0.2) is 0 Å². The minimum absolute atomic E-state index is 0. The summed E-state index contributed by atoms with van der Waals surface area (Å²) in [6.07, 6.45) is 3.37. The average Bonchev–Trinajstić information content (AvgIpc) is 1.97. The average molecular weight is 217 g/mol. The zero-order valence-electron chi connectivity index (χ0n) is 8.60. The van der Waals surface area contributed by atoms with Crippen molar-refractivity contribution in [3.05, 3.63) is 0 Å². The van der Waals surface area contributed by atoms with Gasteiger partial charge >= 0.3 is 0 Å². The van der Waals surface area contributed by atoms with Gasteiger partial charge in [-0.1, -0.05) is 0 Å². The van der Waals surface area contributed by atoms with Gasteiger partial charge in [-0.2, -0.15) is 0 Å². The summed E-state index contributed by atoms with van der Waals surface area (Å²) in [6, 6.07) is 0. The van der Waals surface area contributed by atoms with Crippen LogP contribution in [0.5, 0.6) is 0 Å². The molecule has 0 bridgehead atoms. The maximum Gasteiger partial charge on any atom is -0.00369 e. The molecule has 0 aliphatic carbocycles. The lowest BCUT2D eigenvalue weighted by Gasteiger charge is -2.01. The van der Waals surface area contributed by atoms with Gasteiger partial charge < -0.3 is 38.7 Å². The largest absolute Gasteiger partial charge is 0.412 e. The molecule has 7 heteroatoms. The molecule has 0 heterocycles. The molecule has 0 aromatic carbocycles. The van der Waals surface area contributed by atoms with Crippen molar-refractivity contribution in [3.8, 4) is 0 Å². The van der Waals surface area contributed by atoms with E-state index in [4.69, 9.17) is 11.5 Å². The molecule has 0 fully saturated rings. The molecular weight excluding hydrogens is 190 g/mol. The number of nitrogens with one attached hydrogen (secondary N) is 1. The molecule has 0 rings (SSSR count). The molecule has 13 N–H and O–H groups in total. The van der Waals surface area contributed by atoms with Crippen LogP contribution in [0.2, 0.25) is 0 Å². The summed E-state index contributed by atoms with van der Waals surface area (Å²) < 4.78 is 0. The normalized spacial score (nSPS) is 7.29. The van der Waals surface area contributed by atoms with Crippen molar-refractivity contribution in [3.63, 3.8) is 0 Å². The Morgan fingerprint density at radius 2 is 1.07 bits per heavy atom. The van der Waals surface area contributed by atoms with Gasteiger partial charge in [0.15, 0.2) is 0 Å². The first-order valence-electron chi connectivity index (χ1n) is 4.02. The lowest BCUT2D eigenvalue weighted by Crippen LogP contribution is -2.19. The molecule has 0 aliphatic heterocycles. The zero-order chi connectivity index (χ0) is 7.66. The van der Waals surface area contributed by atoms with Crippen LogP contribution in [0.4, 0.5) is 0 Å². The molecule has 0 saturated heterocycles. The van der Waals surface area contributed by atoms with Crippen LogP contribution in [-0.2, 0) is 0 Å². The van der Waals surface area contributed by atoms with Gasteiger partial charge in [-0.15, -0.1) is 0 Å². The molecule has 14 heavy (non-hydrogen) atoms. The molecule has 0 saturated carbocycles. The van der Waals surface area contributed by atoms with Crippen LogP contribution in [0.3, 0.4) is 0 Å². The summed E-state index contributed by atoms with van der Waals surface area (Å²) in [7, 11) is 0. The lowest BCUT2D eigenvalue weighted by molar-refractivity contribution is 0.611. The fourth-order valence-electron chi connectivity index (χ4n) is 0.746. The highest BCUT2D eigenvalue weighted by molar-refractivity contribution is 4.49. The molecule has 0 atom stereocenters. The van der Waals surface area contributed by atoms with Gasteiger partial charge in [0.25, 0.3) is 0 Å². The number of hydrogen-bond donors (Lipinski definition) is 3. The Balaban J connectivity index is -0.0000000675. The molecule has 0 unspecified atom stereocenters. The van der Waals surface area contributed by atoms with Crippen LogP contribution >= 0.6 is 0 Å². The van der Waals surface area contributed by atoms with Crippen molar-refractivity contribution < 1.29 is 21.9 Å². The number of nitrogens with two attached hydrogens (primary N) is 2. The summed E-state index contributed by atoms with van der Waals surface area (Å²) in [5, 5.41) is 3.29. The van der Waals surface area contributed by atoms with Crippen molar-refractivity contribution in [2.45, 2.75) is 19.3 Å². The van der Waals surface area contributed by atoms with Crippen molar-refractivity contribution in [1.82, 2.24) is 5.32 Å². The predicted octanol–water partition coefficient (Wildman–Crippen LogP) is -3.64. The van der Waals surface area contributed by atoms with Gasteiger partial charge in [0.1, 0.15) is 0 Å². The molecule has 0 spiro atoms. The van der Waals surface area contributed by atoms with Crippen molar-refractivity contribution in [1.29, 1.82) is 0 Å². The van der Waals surface area contributed by atoms with Gasteiger partial charge in [0.05, 0.1) is 0 Å². The second-order valence-corrected chi connectivity index (χ2v) is 2.39. The maximum atomic E-state index is 5.32. The SMILES string of the molecule is NCCCCNCCCN.O.O.O.O. The highest BCUT2D eigenvalue weighted by Crippen LogP contribution is 1.81. The zero-order valence-corrected chi connectivity index (χ0v) is 8.60. The topological polar surface area (TPSA) is 190 Å². The van der Waals surface area contributed by atoms with E-state index in [0.717, 1.165) is 39.0 Å². The third-order valence-corrected chi connectivity index (χ3v) is 1.37. The van der Waals surface area contributed by atoms with Crippen LogP contribution < -0.4 is 16.8 Å². The smallest absolute Gasteiger partial charge is 0.00369 e. The Morgan fingerprint density at radius 1 is 0.643 bits per heavy atom. The van der Waals surface area contributed by atoms with Crippen LogP contribution in [0, 0.1) is 0 Å². The Morgan fingerprint density at radius 3 is 1.50 bits per heavy atom. The Bertz CT molecular complexity index is 60.9. The molecule has 94 valence electrons. The maximum absolute atomic E-state index is 5.32. The van der Waals surface area contributed by atoms with E-state index in [2.05, 4.69) is 5.32 Å². The standard InChI is InChI=1S/C7H19N3.4H2O/c8-4-1-2-6-10-7-3-5-9;;;;/h10H,1-9H2;4*1H2. The van der Waals surface area contributed by atoms with E-state index in [1.807, 2.05) is 0 Å². The van der Waals surface area contributed by atoms with E-state index in [0.29, 0.717) is 0 Å². The summed E-state index contributed by atoms with van der Waals surface area (Å²) in [6.45, 7) is 3.71. The quantitative estimate of drug-likeness (QED) is 0.371. The van der Waals surface area contributed by atoms with Crippen LogP contribution in [-0.4, -0.2) is 48.1 Å². The van der Waals surface area contributed by atoms with Gasteiger partial charge in [-0.3, -0.25) is 0 Å². The summed E-state index contributed by atoms with van der Waals surface area (Å²) in [5.74, 6) is 0. The first-order valence-corrected chi connectivity index (χ1v) is 4.02. The fraction of sp³-hybridized carbons (Fsp3) is 1.00. The Hall–Kier alpha value is -0.280. The summed E-state index contributed by atoms with van der Waals surface area (Å²) in [4.78, 5) is 0. The minimum Gasteiger partial charge on any atom is -0.412 e. The molecule has 7 nitrogen and oxygen atoms in total. The van der Waals surface area contributed by atoms with Gasteiger partial charge in [0.2, 0.25) is 0 Å². The van der Waals surface area contributed by atoms with E-state index < -0.39 is 0 Å². The first kappa shape index (κ1) is 29.2. The predicted molar refractivity (Wildman–Crippen MR) is 59.3 cm³/mol. The molecule has 0 aliphatic rings. The van der Waals surface area contributed by atoms with E-state index in [9.17, 15) is 0 Å². The van der Waals surface area contributed by atoms with Crippen molar-refractivity contribution in [2.24, 2.45) is 11.5 Å². The summed E-state index contributed by atoms with van der Waals surface area (Å²) >= 11 is 0. The van der Waals surface area contributed by atoms with Crippen molar-refractivity contribution >= 4 is 0 Å². The molecule has 0 amide bonds. The second kappa shape index (κ2) is 29.3. The molecule has 0 aromatic heterocycles. The highest BCUT2D eigenvalue weighted by atomic mass is 16.0. The van der Waals surface area contributed by atoms with E-state index >= 15 is 0 Å². The molecular formula is C7H27N3O4. The molecule has 0 radical (unpaired) electrons. The Labute approximate surface area is 85.1 Å². The minimum atomic E-state index is 0. The monoisotopic (exact) mass is 217 g/mol. The fourth-order valence-corrected chi connectivity index (χ4v) is 0.746. The number of unbranched alkanes of at least 4 members (excludes halogenated alkanes) is 1. The second-order valence-electron chi connectivity index (χ2n) is 2.39. The number of rotatable bonds is 7. The van der Waals surface area contributed by atoms with Crippen LogP contribution in [0.1, 0.15) is 19.3 Å². The van der Waals surface area contributed by atoms with E-state index in [-0.39, 0.29) is 21.9 Å². The highest BCUT2D eigenvalue weighted by Gasteiger charge is 1.85. The molecule has 0 aromatic rings. The van der Waals surface area contributed by atoms with Crippen molar-refractivity contribution in [2.75, 3.05) is 26.2 Å². The first-order chi connectivity index (χ1) is 4.91. The van der Waals surface area contributed by atoms with Gasteiger partial charge in [-0.25, -0.2) is 0 Å². The van der Waals surface area contributed by atoms with Gasteiger partial charge in [0, 0.05) is 0 Å². The lowest BCUT2D eigenvalue weighted by atomic mass is 10.3.